The van der Waals surface area contributed by atoms with E-state index < -0.39 is 0 Å². The molecule has 4 rings (SSSR count). The minimum atomic E-state index is -0.282. The van der Waals surface area contributed by atoms with Crippen molar-refractivity contribution < 1.29 is 14.3 Å². The molecule has 1 aliphatic rings. The van der Waals surface area contributed by atoms with Crippen LogP contribution in [0, 0.1) is 0 Å². The van der Waals surface area contributed by atoms with Crippen LogP contribution in [-0.2, 0) is 0 Å². The zero-order valence-corrected chi connectivity index (χ0v) is 17.7. The van der Waals surface area contributed by atoms with E-state index in [9.17, 15) is 4.79 Å². The van der Waals surface area contributed by atoms with Crippen molar-refractivity contribution in [2.45, 2.75) is 12.8 Å². The van der Waals surface area contributed by atoms with Gasteiger partial charge in [0, 0.05) is 48.4 Å². The van der Waals surface area contributed by atoms with Gasteiger partial charge in [-0.05, 0) is 55.3 Å². The lowest BCUT2D eigenvalue weighted by Crippen LogP contribution is -2.19. The van der Waals surface area contributed by atoms with Crippen LogP contribution in [0.1, 0.15) is 28.8 Å². The third-order valence-electron chi connectivity index (χ3n) is 5.38. The fraction of sp³-hybridized carbons (Fsp3) is 0.250. The molecular formula is C24H26N4O3. The number of hydrazone groups is 1. The number of carbonyl (C=O) groups is 1. The van der Waals surface area contributed by atoms with Gasteiger partial charge in [0.1, 0.15) is 11.5 Å². The van der Waals surface area contributed by atoms with E-state index >= 15 is 0 Å². The topological polar surface area (TPSA) is 68.1 Å². The molecule has 31 heavy (non-hydrogen) atoms. The molecule has 2 heterocycles. The highest BCUT2D eigenvalue weighted by molar-refractivity contribution is 5.95. The highest BCUT2D eigenvalue weighted by Crippen LogP contribution is 2.36. The van der Waals surface area contributed by atoms with Gasteiger partial charge in [-0.1, -0.05) is 0 Å². The van der Waals surface area contributed by atoms with Crippen LogP contribution >= 0.6 is 0 Å². The van der Waals surface area contributed by atoms with E-state index in [4.69, 9.17) is 9.47 Å². The first-order valence-corrected chi connectivity index (χ1v) is 10.3. The van der Waals surface area contributed by atoms with Gasteiger partial charge in [0.25, 0.3) is 5.91 Å². The summed E-state index contributed by atoms with van der Waals surface area (Å²) in [6.45, 7) is 2.01. The standard InChI is InChI=1S/C24H26N4O3/c1-30-22-16-21(28-13-5-6-14-28)23(31-2)15-19(22)17-25-26-24(29)18-7-9-20(10-8-18)27-11-3-4-12-27/h3-4,7-12,15-17H,5-6,13-14H2,1-2H3,(H,26,29)/b25-17+. The summed E-state index contributed by atoms with van der Waals surface area (Å²) in [4.78, 5) is 14.7. The molecule has 160 valence electrons. The number of carbonyl (C=O) groups excluding carboxylic acids is 1. The summed E-state index contributed by atoms with van der Waals surface area (Å²) in [7, 11) is 3.28. The lowest BCUT2D eigenvalue weighted by Gasteiger charge is -2.22. The molecule has 2 aromatic carbocycles. The molecule has 7 nitrogen and oxygen atoms in total. The summed E-state index contributed by atoms with van der Waals surface area (Å²) in [5, 5.41) is 4.12. The Morgan fingerprint density at radius 1 is 1.00 bits per heavy atom. The minimum Gasteiger partial charge on any atom is -0.496 e. The summed E-state index contributed by atoms with van der Waals surface area (Å²) in [6, 6.07) is 15.1. The van der Waals surface area contributed by atoms with Crippen molar-refractivity contribution in [3.05, 3.63) is 72.1 Å². The van der Waals surface area contributed by atoms with Crippen LogP contribution in [0.5, 0.6) is 11.5 Å². The van der Waals surface area contributed by atoms with Gasteiger partial charge >= 0.3 is 0 Å². The van der Waals surface area contributed by atoms with Gasteiger partial charge in [-0.15, -0.1) is 0 Å². The lowest BCUT2D eigenvalue weighted by atomic mass is 10.1. The maximum absolute atomic E-state index is 12.4. The molecule has 0 aliphatic carbocycles. The van der Waals surface area contributed by atoms with E-state index in [1.807, 2.05) is 53.4 Å². The van der Waals surface area contributed by atoms with E-state index in [0.717, 1.165) is 35.8 Å². The Balaban J connectivity index is 1.47. The zero-order chi connectivity index (χ0) is 21.6. The first-order chi connectivity index (χ1) is 15.2. The number of benzene rings is 2. The van der Waals surface area contributed by atoms with Crippen molar-refractivity contribution in [2.24, 2.45) is 5.10 Å². The molecule has 1 amide bonds. The van der Waals surface area contributed by atoms with Gasteiger partial charge in [-0.3, -0.25) is 4.79 Å². The van der Waals surface area contributed by atoms with Crippen LogP contribution in [0.3, 0.4) is 0 Å². The van der Waals surface area contributed by atoms with Crippen LogP contribution in [0.4, 0.5) is 5.69 Å². The minimum absolute atomic E-state index is 0.282. The summed E-state index contributed by atoms with van der Waals surface area (Å²) in [5.74, 6) is 1.16. The molecule has 0 bridgehead atoms. The van der Waals surface area contributed by atoms with Crippen LogP contribution in [-0.4, -0.2) is 44.0 Å². The number of rotatable bonds is 7. The third-order valence-corrected chi connectivity index (χ3v) is 5.38. The molecule has 1 saturated heterocycles. The van der Waals surface area contributed by atoms with Crippen molar-refractivity contribution in [1.82, 2.24) is 9.99 Å². The largest absolute Gasteiger partial charge is 0.496 e. The first kappa shape index (κ1) is 20.5. The molecule has 1 fully saturated rings. The zero-order valence-electron chi connectivity index (χ0n) is 17.7. The highest BCUT2D eigenvalue weighted by Gasteiger charge is 2.19. The van der Waals surface area contributed by atoms with Gasteiger partial charge in [0.05, 0.1) is 26.1 Å². The van der Waals surface area contributed by atoms with Crippen molar-refractivity contribution in [1.29, 1.82) is 0 Å². The number of aromatic nitrogens is 1. The SMILES string of the molecule is COc1cc(N2CCCC2)c(OC)cc1/C=N/NC(=O)c1ccc(-n2cccc2)cc1. The Bertz CT molecular complexity index is 1050. The van der Waals surface area contributed by atoms with E-state index in [-0.39, 0.29) is 5.91 Å². The second-order valence-corrected chi connectivity index (χ2v) is 7.30. The molecule has 0 saturated carbocycles. The fourth-order valence-electron chi connectivity index (χ4n) is 3.73. The Morgan fingerprint density at radius 3 is 2.32 bits per heavy atom. The Morgan fingerprint density at radius 2 is 1.68 bits per heavy atom. The Labute approximate surface area is 181 Å². The normalized spacial score (nSPS) is 13.5. The van der Waals surface area contributed by atoms with E-state index in [1.54, 1.807) is 32.6 Å². The molecule has 7 heteroatoms. The maximum atomic E-state index is 12.4. The molecule has 0 unspecified atom stereocenters. The summed E-state index contributed by atoms with van der Waals surface area (Å²) >= 11 is 0. The predicted molar refractivity (Wildman–Crippen MR) is 122 cm³/mol. The van der Waals surface area contributed by atoms with Crippen LogP contribution in [0.25, 0.3) is 5.69 Å². The van der Waals surface area contributed by atoms with Crippen molar-refractivity contribution in [3.8, 4) is 17.2 Å². The molecule has 0 spiro atoms. The Hall–Kier alpha value is -3.74. The van der Waals surface area contributed by atoms with E-state index in [1.165, 1.54) is 12.8 Å². The molecule has 3 aromatic rings. The number of hydrogen-bond acceptors (Lipinski definition) is 5. The number of anilines is 1. The van der Waals surface area contributed by atoms with Gasteiger partial charge in [0.15, 0.2) is 0 Å². The first-order valence-electron chi connectivity index (χ1n) is 10.3. The second-order valence-electron chi connectivity index (χ2n) is 7.30. The number of nitrogens with one attached hydrogen (secondary N) is 1. The summed E-state index contributed by atoms with van der Waals surface area (Å²) in [6.07, 6.45) is 7.83. The monoisotopic (exact) mass is 418 g/mol. The van der Waals surface area contributed by atoms with Gasteiger partial charge < -0.3 is 18.9 Å². The van der Waals surface area contributed by atoms with Gasteiger partial charge in [-0.25, -0.2) is 5.43 Å². The number of nitrogens with zero attached hydrogens (tertiary/aromatic N) is 3. The maximum Gasteiger partial charge on any atom is 0.271 e. The fourth-order valence-corrected chi connectivity index (χ4v) is 3.73. The summed E-state index contributed by atoms with van der Waals surface area (Å²) in [5.41, 5.74) is 5.83. The molecule has 1 aliphatic heterocycles. The number of ether oxygens (including phenoxy) is 2. The molecule has 1 aromatic heterocycles. The summed E-state index contributed by atoms with van der Waals surface area (Å²) < 4.78 is 13.1. The van der Waals surface area contributed by atoms with Crippen molar-refractivity contribution >= 4 is 17.8 Å². The van der Waals surface area contributed by atoms with E-state index in [0.29, 0.717) is 11.3 Å². The average Bonchev–Trinajstić information content (AvgIpc) is 3.53. The highest BCUT2D eigenvalue weighted by atomic mass is 16.5. The predicted octanol–water partition coefficient (Wildman–Crippen LogP) is 3.86. The van der Waals surface area contributed by atoms with Crippen LogP contribution in [0.15, 0.2) is 66.0 Å². The van der Waals surface area contributed by atoms with Gasteiger partial charge in [-0.2, -0.15) is 5.10 Å². The Kier molecular flexibility index (Phi) is 6.21. The van der Waals surface area contributed by atoms with Gasteiger partial charge in [0.2, 0.25) is 0 Å². The lowest BCUT2D eigenvalue weighted by molar-refractivity contribution is 0.0955. The van der Waals surface area contributed by atoms with Crippen molar-refractivity contribution in [2.75, 3.05) is 32.2 Å². The van der Waals surface area contributed by atoms with E-state index in [2.05, 4.69) is 15.4 Å². The van der Waals surface area contributed by atoms with Crippen LogP contribution in [0.2, 0.25) is 0 Å². The molecule has 0 atom stereocenters. The number of methoxy groups -OCH3 is 2. The molecule has 1 N–H and O–H groups in total. The second kappa shape index (κ2) is 9.38. The smallest absolute Gasteiger partial charge is 0.271 e. The molecule has 0 radical (unpaired) electrons. The van der Waals surface area contributed by atoms with Crippen molar-refractivity contribution in [3.63, 3.8) is 0 Å². The quantitative estimate of drug-likeness (QED) is 0.467. The average molecular weight is 418 g/mol. The molecular weight excluding hydrogens is 392 g/mol. The van der Waals surface area contributed by atoms with Crippen LogP contribution < -0.4 is 19.8 Å². The number of amides is 1. The third kappa shape index (κ3) is 4.55. The number of hydrogen-bond donors (Lipinski definition) is 1.